The number of ether oxygens (including phenoxy) is 3. The van der Waals surface area contributed by atoms with Gasteiger partial charge in [0.15, 0.2) is 17.3 Å². The van der Waals surface area contributed by atoms with E-state index in [0.29, 0.717) is 33.8 Å². The number of methoxy groups -OCH3 is 2. The molecular weight excluding hydrogens is 524 g/mol. The van der Waals surface area contributed by atoms with Crippen LogP contribution in [-0.4, -0.2) is 55.7 Å². The molecule has 0 aromatic heterocycles. The first-order valence-electron chi connectivity index (χ1n) is 12.7. The van der Waals surface area contributed by atoms with Crippen molar-refractivity contribution in [1.29, 1.82) is 0 Å². The zero-order valence-electron chi connectivity index (χ0n) is 23.4. The maximum atomic E-state index is 13.2. The van der Waals surface area contributed by atoms with E-state index in [0.717, 1.165) is 0 Å². The standard InChI is InChI=1S/C29H32O11/c1-14(2)10-22(31)38-40-29(5)25-21(37-39-27(32)17-8-9-19(34-6)20(13-17)35-7)12-16(4)23-18(30)11-15(3)24(23)26(25)36-28(29)33/h8-11,13,21,24-26H,12H2,1-7H3/t21-,24+,25?,26-,29-/m0/s1. The van der Waals surface area contributed by atoms with Crippen molar-refractivity contribution in [2.45, 2.75) is 58.8 Å². The molecule has 1 heterocycles. The third-order valence-corrected chi connectivity index (χ3v) is 7.33. The SMILES string of the molecule is COc1ccc(C(=O)OO[C@H]2CC(C)=C3C(=O)C=C(C)[C@H]3[C@@H]3OC(=O)[C@@](C)(OOC(=O)C=C(C)C)C23)cc1OC. The van der Waals surface area contributed by atoms with Crippen molar-refractivity contribution in [3.05, 3.63) is 58.2 Å². The van der Waals surface area contributed by atoms with E-state index in [4.69, 9.17) is 33.8 Å². The molecule has 3 aliphatic rings. The van der Waals surface area contributed by atoms with Crippen LogP contribution in [0.2, 0.25) is 0 Å². The lowest BCUT2D eigenvalue weighted by molar-refractivity contribution is -0.346. The lowest BCUT2D eigenvalue weighted by atomic mass is 9.77. The summed E-state index contributed by atoms with van der Waals surface area (Å²) in [7, 11) is 2.90. The summed E-state index contributed by atoms with van der Waals surface area (Å²) in [6, 6.07) is 4.46. The molecule has 214 valence electrons. The number of benzene rings is 1. The Kier molecular flexibility index (Phi) is 8.18. The third-order valence-electron chi connectivity index (χ3n) is 7.33. The van der Waals surface area contributed by atoms with Crippen molar-refractivity contribution in [2.24, 2.45) is 11.8 Å². The highest BCUT2D eigenvalue weighted by molar-refractivity contribution is 6.09. The number of allylic oxidation sites excluding steroid dienone is 2. The van der Waals surface area contributed by atoms with Gasteiger partial charge in [0.25, 0.3) is 0 Å². The second-order valence-electron chi connectivity index (χ2n) is 10.4. The molecule has 0 N–H and O–H groups in total. The van der Waals surface area contributed by atoms with Crippen LogP contribution in [0.3, 0.4) is 0 Å². The Morgan fingerprint density at radius 3 is 2.40 bits per heavy atom. The van der Waals surface area contributed by atoms with Crippen molar-refractivity contribution in [3.63, 3.8) is 0 Å². The normalized spacial score (nSPS) is 27.1. The maximum absolute atomic E-state index is 13.2. The van der Waals surface area contributed by atoms with Gasteiger partial charge in [-0.3, -0.25) is 14.6 Å². The van der Waals surface area contributed by atoms with Crippen molar-refractivity contribution in [2.75, 3.05) is 14.2 Å². The Morgan fingerprint density at radius 1 is 1.05 bits per heavy atom. The number of hydrogen-bond acceptors (Lipinski definition) is 11. The van der Waals surface area contributed by atoms with Crippen LogP contribution in [0.5, 0.6) is 11.5 Å². The average Bonchev–Trinajstić information content (AvgIpc) is 3.29. The monoisotopic (exact) mass is 556 g/mol. The molecule has 4 rings (SSSR count). The predicted octanol–water partition coefficient (Wildman–Crippen LogP) is 3.77. The predicted molar refractivity (Wildman–Crippen MR) is 138 cm³/mol. The van der Waals surface area contributed by atoms with Gasteiger partial charge < -0.3 is 14.2 Å². The van der Waals surface area contributed by atoms with Crippen molar-refractivity contribution < 1.29 is 52.9 Å². The molecule has 1 fully saturated rings. The van der Waals surface area contributed by atoms with Crippen LogP contribution in [0.15, 0.2) is 52.6 Å². The van der Waals surface area contributed by atoms with Crippen LogP contribution in [0.4, 0.5) is 0 Å². The quantitative estimate of drug-likeness (QED) is 0.201. The first-order chi connectivity index (χ1) is 18.9. The fourth-order valence-corrected chi connectivity index (χ4v) is 5.49. The minimum absolute atomic E-state index is 0.108. The highest BCUT2D eigenvalue weighted by Crippen LogP contribution is 2.51. The smallest absolute Gasteiger partial charge is 0.373 e. The molecule has 1 aromatic carbocycles. The Bertz CT molecular complexity index is 1330. The van der Waals surface area contributed by atoms with E-state index in [9.17, 15) is 19.2 Å². The molecule has 1 aliphatic heterocycles. The lowest BCUT2D eigenvalue weighted by Gasteiger charge is -2.32. The number of carbonyl (C=O) groups excluding carboxylic acids is 4. The summed E-state index contributed by atoms with van der Waals surface area (Å²) in [5.41, 5.74) is 0.830. The fourth-order valence-electron chi connectivity index (χ4n) is 5.49. The number of fused-ring (bicyclic) bond motifs is 3. The minimum Gasteiger partial charge on any atom is -0.493 e. The molecule has 0 spiro atoms. The van der Waals surface area contributed by atoms with Gasteiger partial charge in [0.2, 0.25) is 5.60 Å². The minimum atomic E-state index is -1.84. The fraction of sp³-hybridized carbons (Fsp3) is 0.448. The van der Waals surface area contributed by atoms with Gasteiger partial charge in [-0.05, 0) is 65.3 Å². The van der Waals surface area contributed by atoms with Gasteiger partial charge in [-0.2, -0.15) is 9.78 Å². The van der Waals surface area contributed by atoms with E-state index in [-0.39, 0.29) is 17.8 Å². The number of ketones is 1. The Balaban J connectivity index is 1.66. The molecule has 1 unspecified atom stereocenters. The summed E-state index contributed by atoms with van der Waals surface area (Å²) in [6.45, 7) is 8.37. The van der Waals surface area contributed by atoms with E-state index in [1.165, 1.54) is 45.4 Å². The largest absolute Gasteiger partial charge is 0.493 e. The molecule has 1 saturated heterocycles. The average molecular weight is 557 g/mol. The molecule has 0 bridgehead atoms. The summed E-state index contributed by atoms with van der Waals surface area (Å²) in [4.78, 5) is 72.6. The highest BCUT2D eigenvalue weighted by Gasteiger charge is 2.65. The number of rotatable bonds is 8. The molecule has 40 heavy (non-hydrogen) atoms. The molecule has 11 nitrogen and oxygen atoms in total. The van der Waals surface area contributed by atoms with Crippen LogP contribution >= 0.6 is 0 Å². The van der Waals surface area contributed by atoms with Gasteiger partial charge in [-0.1, -0.05) is 16.7 Å². The number of hydrogen-bond donors (Lipinski definition) is 0. The van der Waals surface area contributed by atoms with Crippen molar-refractivity contribution >= 4 is 23.7 Å². The van der Waals surface area contributed by atoms with Gasteiger partial charge in [0.05, 0.1) is 25.7 Å². The van der Waals surface area contributed by atoms with Crippen LogP contribution in [0.1, 0.15) is 51.4 Å². The first kappa shape index (κ1) is 29.0. The van der Waals surface area contributed by atoms with Crippen LogP contribution < -0.4 is 9.47 Å². The van der Waals surface area contributed by atoms with E-state index in [1.54, 1.807) is 33.8 Å². The Morgan fingerprint density at radius 2 is 1.75 bits per heavy atom. The molecule has 5 atom stereocenters. The zero-order valence-corrected chi connectivity index (χ0v) is 23.4. The summed E-state index contributed by atoms with van der Waals surface area (Å²) >= 11 is 0. The van der Waals surface area contributed by atoms with Crippen molar-refractivity contribution in [3.8, 4) is 11.5 Å². The Labute approximate surface area is 231 Å². The third kappa shape index (κ3) is 5.26. The van der Waals surface area contributed by atoms with Crippen LogP contribution in [0, 0.1) is 11.8 Å². The molecule has 0 saturated carbocycles. The molecule has 0 radical (unpaired) electrons. The molecule has 2 aliphatic carbocycles. The van der Waals surface area contributed by atoms with Gasteiger partial charge in [0, 0.05) is 17.6 Å². The molecule has 1 aromatic rings. The van der Waals surface area contributed by atoms with Gasteiger partial charge in [0.1, 0.15) is 12.2 Å². The molecule has 0 amide bonds. The van der Waals surface area contributed by atoms with Crippen LogP contribution in [0.25, 0.3) is 0 Å². The Hall–Kier alpha value is -3.96. The van der Waals surface area contributed by atoms with E-state index >= 15 is 0 Å². The number of esters is 1. The highest BCUT2D eigenvalue weighted by atomic mass is 17.2. The number of carbonyl (C=O) groups is 4. The lowest BCUT2D eigenvalue weighted by Crippen LogP contribution is -2.49. The van der Waals surface area contributed by atoms with Crippen LogP contribution in [-0.2, 0) is 38.7 Å². The molecular formula is C29H32O11. The van der Waals surface area contributed by atoms with E-state index < -0.39 is 47.6 Å². The second-order valence-corrected chi connectivity index (χ2v) is 10.4. The summed E-state index contributed by atoms with van der Waals surface area (Å²) < 4.78 is 16.2. The summed E-state index contributed by atoms with van der Waals surface area (Å²) in [5, 5.41) is 0. The summed E-state index contributed by atoms with van der Waals surface area (Å²) in [6.07, 6.45) is 0.902. The molecule has 11 heteroatoms. The van der Waals surface area contributed by atoms with Crippen molar-refractivity contribution in [1.82, 2.24) is 0 Å². The van der Waals surface area contributed by atoms with Gasteiger partial charge in [-0.25, -0.2) is 14.4 Å². The summed E-state index contributed by atoms with van der Waals surface area (Å²) in [5.74, 6) is -3.41. The maximum Gasteiger partial charge on any atom is 0.373 e. The van der Waals surface area contributed by atoms with Gasteiger partial charge in [-0.15, -0.1) is 0 Å². The first-order valence-corrected chi connectivity index (χ1v) is 12.7. The van der Waals surface area contributed by atoms with E-state index in [2.05, 4.69) is 0 Å². The zero-order chi connectivity index (χ0) is 29.4. The van der Waals surface area contributed by atoms with E-state index in [1.807, 2.05) is 0 Å². The topological polar surface area (TPSA) is 133 Å². The van der Waals surface area contributed by atoms with Gasteiger partial charge >= 0.3 is 17.9 Å². The second kappa shape index (κ2) is 11.3.